The van der Waals surface area contributed by atoms with E-state index >= 15 is 0 Å². The zero-order valence-corrected chi connectivity index (χ0v) is 12.5. The maximum atomic E-state index is 9.22. The highest BCUT2D eigenvalue weighted by Gasteiger charge is 2.06. The van der Waals surface area contributed by atoms with Crippen molar-refractivity contribution in [1.29, 1.82) is 0 Å². The fourth-order valence-corrected chi connectivity index (χ4v) is 2.11. The van der Waals surface area contributed by atoms with Crippen LogP contribution < -0.4 is 14.8 Å². The molecule has 0 spiro atoms. The molecule has 0 aliphatic carbocycles. The van der Waals surface area contributed by atoms with E-state index in [1.54, 1.807) is 14.2 Å². The third-order valence-corrected chi connectivity index (χ3v) is 3.15. The average molecular weight is 288 g/mol. The van der Waals surface area contributed by atoms with Crippen LogP contribution in [-0.4, -0.2) is 24.3 Å². The number of nitrogens with one attached hydrogen (secondary N) is 1. The van der Waals surface area contributed by atoms with Crippen molar-refractivity contribution >= 4 is 5.82 Å². The van der Waals surface area contributed by atoms with E-state index in [1.807, 2.05) is 37.3 Å². The van der Waals surface area contributed by atoms with Gasteiger partial charge in [-0.3, -0.25) is 0 Å². The summed E-state index contributed by atoms with van der Waals surface area (Å²) in [5.41, 5.74) is 2.71. The Labute approximate surface area is 124 Å². The minimum atomic E-state index is 0.00387. The number of aromatic nitrogens is 1. The first-order chi connectivity index (χ1) is 10.2. The number of aryl methyl sites for hydroxylation is 1. The van der Waals surface area contributed by atoms with E-state index in [9.17, 15) is 5.11 Å². The minimum Gasteiger partial charge on any atom is -0.497 e. The Morgan fingerprint density at radius 2 is 1.95 bits per heavy atom. The summed E-state index contributed by atoms with van der Waals surface area (Å²) in [6.07, 6.45) is 0. The lowest BCUT2D eigenvalue weighted by Crippen LogP contribution is -2.05. The van der Waals surface area contributed by atoms with Crippen molar-refractivity contribution in [2.24, 2.45) is 0 Å². The minimum absolute atomic E-state index is 0.00387. The Hall–Kier alpha value is -2.27. The molecule has 0 aliphatic heterocycles. The smallest absolute Gasteiger partial charge is 0.127 e. The topological polar surface area (TPSA) is 63.6 Å². The first kappa shape index (κ1) is 15.1. The van der Waals surface area contributed by atoms with Crippen molar-refractivity contribution < 1.29 is 14.6 Å². The summed E-state index contributed by atoms with van der Waals surface area (Å²) in [6.45, 7) is 2.48. The van der Waals surface area contributed by atoms with Crippen LogP contribution in [0.1, 0.15) is 16.8 Å². The molecule has 0 fully saturated rings. The third kappa shape index (κ3) is 3.86. The first-order valence-electron chi connectivity index (χ1n) is 6.69. The third-order valence-electron chi connectivity index (χ3n) is 3.15. The summed E-state index contributed by atoms with van der Waals surface area (Å²) in [5, 5.41) is 12.5. The molecule has 0 bridgehead atoms. The van der Waals surface area contributed by atoms with E-state index in [1.165, 1.54) is 0 Å². The predicted molar refractivity (Wildman–Crippen MR) is 81.8 cm³/mol. The number of aliphatic hydroxyl groups excluding tert-OH is 1. The van der Waals surface area contributed by atoms with Gasteiger partial charge in [-0.2, -0.15) is 0 Å². The van der Waals surface area contributed by atoms with Gasteiger partial charge in [0.2, 0.25) is 0 Å². The largest absolute Gasteiger partial charge is 0.497 e. The number of rotatable bonds is 6. The van der Waals surface area contributed by atoms with Crippen LogP contribution in [0.5, 0.6) is 11.5 Å². The summed E-state index contributed by atoms with van der Waals surface area (Å²) >= 11 is 0. The lowest BCUT2D eigenvalue weighted by molar-refractivity contribution is 0.281. The van der Waals surface area contributed by atoms with E-state index in [0.717, 1.165) is 34.1 Å². The molecule has 5 heteroatoms. The van der Waals surface area contributed by atoms with Gasteiger partial charge in [-0.05, 0) is 36.8 Å². The Morgan fingerprint density at radius 1 is 1.14 bits per heavy atom. The molecule has 1 aromatic heterocycles. The fraction of sp³-hybridized carbons (Fsp3) is 0.312. The van der Waals surface area contributed by atoms with E-state index in [0.29, 0.717) is 6.54 Å². The van der Waals surface area contributed by atoms with Crippen LogP contribution in [0.25, 0.3) is 0 Å². The molecule has 0 aliphatic rings. The van der Waals surface area contributed by atoms with Gasteiger partial charge in [0.15, 0.2) is 0 Å². The van der Waals surface area contributed by atoms with Gasteiger partial charge in [0.1, 0.15) is 17.3 Å². The van der Waals surface area contributed by atoms with E-state index in [-0.39, 0.29) is 6.61 Å². The molecule has 0 unspecified atom stereocenters. The summed E-state index contributed by atoms with van der Waals surface area (Å²) in [6, 6.07) is 9.39. The molecule has 0 atom stereocenters. The molecule has 0 saturated carbocycles. The van der Waals surface area contributed by atoms with Crippen LogP contribution in [0.3, 0.4) is 0 Å². The van der Waals surface area contributed by atoms with Crippen LogP contribution >= 0.6 is 0 Å². The van der Waals surface area contributed by atoms with Gasteiger partial charge in [-0.15, -0.1) is 0 Å². The molecule has 0 amide bonds. The van der Waals surface area contributed by atoms with E-state index < -0.39 is 0 Å². The van der Waals surface area contributed by atoms with Crippen LogP contribution in [0.2, 0.25) is 0 Å². The molecule has 112 valence electrons. The number of methoxy groups -OCH3 is 2. The average Bonchev–Trinajstić information content (AvgIpc) is 2.52. The molecule has 2 N–H and O–H groups in total. The molecule has 2 aromatic rings. The zero-order chi connectivity index (χ0) is 15.2. The number of ether oxygens (including phenoxy) is 2. The Bertz CT molecular complexity index is 614. The second-order valence-electron chi connectivity index (χ2n) is 4.69. The summed E-state index contributed by atoms with van der Waals surface area (Å²) in [5.74, 6) is 2.25. The number of aliphatic hydroxyl groups is 1. The van der Waals surface area contributed by atoms with E-state index in [4.69, 9.17) is 9.47 Å². The lowest BCUT2D eigenvalue weighted by Gasteiger charge is -2.12. The van der Waals surface area contributed by atoms with Crippen LogP contribution in [0.4, 0.5) is 5.82 Å². The monoisotopic (exact) mass is 288 g/mol. The Kier molecular flexibility index (Phi) is 5.00. The maximum Gasteiger partial charge on any atom is 0.127 e. The summed E-state index contributed by atoms with van der Waals surface area (Å²) in [4.78, 5) is 4.40. The number of hydrogen-bond donors (Lipinski definition) is 2. The molecule has 1 aromatic carbocycles. The van der Waals surface area contributed by atoms with Crippen molar-refractivity contribution in [1.82, 2.24) is 4.98 Å². The van der Waals surface area contributed by atoms with Crippen molar-refractivity contribution in [3.8, 4) is 11.5 Å². The number of anilines is 1. The maximum absolute atomic E-state index is 9.22. The predicted octanol–water partition coefficient (Wildman–Crippen LogP) is 2.51. The van der Waals surface area contributed by atoms with Crippen molar-refractivity contribution in [2.75, 3.05) is 19.5 Å². The van der Waals surface area contributed by atoms with Crippen LogP contribution in [0.15, 0.2) is 30.3 Å². The van der Waals surface area contributed by atoms with Gasteiger partial charge in [0.05, 0.1) is 20.8 Å². The normalized spacial score (nSPS) is 10.3. The van der Waals surface area contributed by atoms with Crippen LogP contribution in [-0.2, 0) is 13.2 Å². The molecule has 0 saturated heterocycles. The number of pyridine rings is 1. The highest BCUT2D eigenvalue weighted by atomic mass is 16.5. The van der Waals surface area contributed by atoms with Crippen molar-refractivity contribution in [3.05, 3.63) is 47.2 Å². The summed E-state index contributed by atoms with van der Waals surface area (Å²) < 4.78 is 10.5. The van der Waals surface area contributed by atoms with Gasteiger partial charge >= 0.3 is 0 Å². The molecular weight excluding hydrogens is 268 g/mol. The molecule has 5 nitrogen and oxygen atoms in total. The van der Waals surface area contributed by atoms with Gasteiger partial charge in [-0.1, -0.05) is 0 Å². The number of hydrogen-bond acceptors (Lipinski definition) is 5. The molecule has 21 heavy (non-hydrogen) atoms. The molecule has 2 rings (SSSR count). The lowest BCUT2D eigenvalue weighted by atomic mass is 10.2. The first-order valence-corrected chi connectivity index (χ1v) is 6.69. The number of nitrogens with zero attached hydrogens (tertiary/aromatic N) is 1. The quantitative estimate of drug-likeness (QED) is 0.855. The highest BCUT2D eigenvalue weighted by molar-refractivity contribution is 5.45. The number of benzene rings is 1. The van der Waals surface area contributed by atoms with Gasteiger partial charge < -0.3 is 19.9 Å². The summed E-state index contributed by atoms with van der Waals surface area (Å²) in [7, 11) is 3.26. The second kappa shape index (κ2) is 6.95. The zero-order valence-electron chi connectivity index (χ0n) is 12.5. The second-order valence-corrected chi connectivity index (χ2v) is 4.69. The SMILES string of the molecule is COc1ccc(CNc2cc(CO)cc(C)n2)c(OC)c1. The Balaban J connectivity index is 2.14. The van der Waals surface area contributed by atoms with Crippen molar-refractivity contribution in [3.63, 3.8) is 0 Å². The van der Waals surface area contributed by atoms with Gasteiger partial charge in [-0.25, -0.2) is 4.98 Å². The molecule has 0 radical (unpaired) electrons. The van der Waals surface area contributed by atoms with E-state index in [2.05, 4.69) is 10.3 Å². The van der Waals surface area contributed by atoms with Gasteiger partial charge in [0.25, 0.3) is 0 Å². The molecule has 1 heterocycles. The highest BCUT2D eigenvalue weighted by Crippen LogP contribution is 2.25. The molecular formula is C16H20N2O3. The standard InChI is InChI=1S/C16H20N2O3/c1-11-6-12(10-19)7-16(18-11)17-9-13-4-5-14(20-2)8-15(13)21-3/h4-8,19H,9-10H2,1-3H3,(H,17,18). The fourth-order valence-electron chi connectivity index (χ4n) is 2.11. The Morgan fingerprint density at radius 3 is 2.62 bits per heavy atom. The van der Waals surface area contributed by atoms with Crippen molar-refractivity contribution in [2.45, 2.75) is 20.1 Å². The van der Waals surface area contributed by atoms with Crippen LogP contribution in [0, 0.1) is 6.92 Å². The van der Waals surface area contributed by atoms with Gasteiger partial charge in [0, 0.05) is 23.9 Å².